The highest BCUT2D eigenvalue weighted by molar-refractivity contribution is 5.79. The van der Waals surface area contributed by atoms with E-state index in [-0.39, 0.29) is 12.3 Å². The lowest BCUT2D eigenvalue weighted by Gasteiger charge is -2.30. The normalized spacial score (nSPS) is 19.6. The number of aliphatic carboxylic acids is 1. The number of carbonyl (C=O) groups excluding carboxylic acids is 1. The predicted octanol–water partition coefficient (Wildman–Crippen LogP) is 0.947. The number of piperidine rings is 1. The van der Waals surface area contributed by atoms with Crippen molar-refractivity contribution in [3.05, 3.63) is 30.1 Å². The maximum absolute atomic E-state index is 12.0. The van der Waals surface area contributed by atoms with Gasteiger partial charge in [-0.3, -0.25) is 14.6 Å². The Morgan fingerprint density at radius 1 is 1.44 bits per heavy atom. The van der Waals surface area contributed by atoms with Gasteiger partial charge in [0.1, 0.15) is 0 Å². The Morgan fingerprint density at radius 2 is 2.28 bits per heavy atom. The number of nitrogens with zero attached hydrogens (tertiary/aromatic N) is 2. The first-order chi connectivity index (χ1) is 8.66. The zero-order valence-corrected chi connectivity index (χ0v) is 10.1. The van der Waals surface area contributed by atoms with Crippen molar-refractivity contribution in [1.29, 1.82) is 0 Å². The van der Waals surface area contributed by atoms with E-state index in [2.05, 4.69) is 4.98 Å². The molecule has 0 unspecified atom stereocenters. The van der Waals surface area contributed by atoms with Gasteiger partial charge in [-0.15, -0.1) is 0 Å². The summed E-state index contributed by atoms with van der Waals surface area (Å²) in [5, 5.41) is 8.98. The lowest BCUT2D eigenvalue weighted by Crippen LogP contribution is -2.43. The average molecular weight is 248 g/mol. The van der Waals surface area contributed by atoms with Crippen LogP contribution in [0.2, 0.25) is 0 Å². The Bertz CT molecular complexity index is 433. The number of pyridine rings is 1. The molecule has 1 aromatic heterocycles. The van der Waals surface area contributed by atoms with E-state index in [4.69, 9.17) is 5.11 Å². The molecule has 1 aromatic rings. The lowest BCUT2D eigenvalue weighted by atomic mass is 9.98. The Labute approximate surface area is 105 Å². The van der Waals surface area contributed by atoms with Crippen LogP contribution in [0.15, 0.2) is 24.4 Å². The molecule has 1 fully saturated rings. The number of likely N-dealkylation sites (tertiary alicyclic amines) is 1. The highest BCUT2D eigenvalue weighted by atomic mass is 16.4. The summed E-state index contributed by atoms with van der Waals surface area (Å²) in [5.74, 6) is -1.28. The van der Waals surface area contributed by atoms with Gasteiger partial charge in [0.2, 0.25) is 5.91 Å². The number of carbonyl (C=O) groups is 2. The first-order valence-corrected chi connectivity index (χ1v) is 6.07. The summed E-state index contributed by atoms with van der Waals surface area (Å²) in [5.41, 5.74) is 0.722. The summed E-state index contributed by atoms with van der Waals surface area (Å²) in [4.78, 5) is 28.7. The molecule has 1 aliphatic heterocycles. The minimum atomic E-state index is -0.815. The molecule has 0 radical (unpaired) electrons. The molecule has 0 aliphatic carbocycles. The maximum Gasteiger partial charge on any atom is 0.308 e. The third kappa shape index (κ3) is 3.06. The van der Waals surface area contributed by atoms with Crippen LogP contribution in [-0.4, -0.2) is 40.0 Å². The molecule has 1 aliphatic rings. The fourth-order valence-electron chi connectivity index (χ4n) is 2.17. The first kappa shape index (κ1) is 12.5. The van der Waals surface area contributed by atoms with Gasteiger partial charge in [-0.25, -0.2) is 0 Å². The van der Waals surface area contributed by atoms with Gasteiger partial charge < -0.3 is 10.0 Å². The smallest absolute Gasteiger partial charge is 0.308 e. The van der Waals surface area contributed by atoms with Crippen LogP contribution in [0.3, 0.4) is 0 Å². The second-order valence-corrected chi connectivity index (χ2v) is 4.51. The minimum Gasteiger partial charge on any atom is -0.481 e. The van der Waals surface area contributed by atoms with Crippen LogP contribution in [0.1, 0.15) is 18.5 Å². The second-order valence-electron chi connectivity index (χ2n) is 4.51. The summed E-state index contributed by atoms with van der Waals surface area (Å²) in [6.45, 7) is 0.969. The number of hydrogen-bond acceptors (Lipinski definition) is 3. The molecule has 2 heterocycles. The van der Waals surface area contributed by atoms with E-state index in [1.54, 1.807) is 23.2 Å². The summed E-state index contributed by atoms with van der Waals surface area (Å²) >= 11 is 0. The predicted molar refractivity (Wildman–Crippen MR) is 64.9 cm³/mol. The van der Waals surface area contributed by atoms with E-state index >= 15 is 0 Å². The molecule has 1 N–H and O–H groups in total. The van der Waals surface area contributed by atoms with Crippen LogP contribution in [0.5, 0.6) is 0 Å². The molecule has 1 saturated heterocycles. The van der Waals surface area contributed by atoms with Crippen molar-refractivity contribution in [2.75, 3.05) is 13.1 Å². The van der Waals surface area contributed by atoms with Gasteiger partial charge in [-0.2, -0.15) is 0 Å². The molecule has 2 rings (SSSR count). The summed E-state index contributed by atoms with van der Waals surface area (Å²) < 4.78 is 0. The van der Waals surface area contributed by atoms with E-state index in [0.717, 1.165) is 12.1 Å². The number of carboxylic acid groups (broad SMARTS) is 1. The standard InChI is InChI=1S/C13H16N2O3/c16-12(8-11-5-1-2-6-14-11)15-7-3-4-10(9-15)13(17)18/h1-2,5-6,10H,3-4,7-9H2,(H,17,18)/t10-/m0/s1. The average Bonchev–Trinajstić information content (AvgIpc) is 2.40. The lowest BCUT2D eigenvalue weighted by molar-refractivity contribution is -0.145. The zero-order chi connectivity index (χ0) is 13.0. The fraction of sp³-hybridized carbons (Fsp3) is 0.462. The summed E-state index contributed by atoms with van der Waals surface area (Å²) in [6.07, 6.45) is 3.31. The molecular weight excluding hydrogens is 232 g/mol. The monoisotopic (exact) mass is 248 g/mol. The van der Waals surface area contributed by atoms with Crippen molar-refractivity contribution in [3.8, 4) is 0 Å². The van der Waals surface area contributed by atoms with Crippen molar-refractivity contribution in [2.45, 2.75) is 19.3 Å². The second kappa shape index (κ2) is 5.62. The van der Waals surface area contributed by atoms with Crippen molar-refractivity contribution in [1.82, 2.24) is 9.88 Å². The third-order valence-electron chi connectivity index (χ3n) is 3.18. The van der Waals surface area contributed by atoms with Crippen LogP contribution in [-0.2, 0) is 16.0 Å². The van der Waals surface area contributed by atoms with E-state index < -0.39 is 11.9 Å². The van der Waals surface area contributed by atoms with Gasteiger partial charge in [-0.05, 0) is 25.0 Å². The van der Waals surface area contributed by atoms with Crippen LogP contribution in [0, 0.1) is 5.92 Å². The highest BCUT2D eigenvalue weighted by Gasteiger charge is 2.27. The molecule has 1 atom stereocenters. The van der Waals surface area contributed by atoms with E-state index in [0.29, 0.717) is 19.5 Å². The Balaban J connectivity index is 1.95. The molecule has 0 spiro atoms. The quantitative estimate of drug-likeness (QED) is 0.864. The molecule has 5 nitrogen and oxygen atoms in total. The van der Waals surface area contributed by atoms with Crippen LogP contribution in [0.4, 0.5) is 0 Å². The van der Waals surface area contributed by atoms with E-state index in [9.17, 15) is 9.59 Å². The van der Waals surface area contributed by atoms with E-state index in [1.807, 2.05) is 6.07 Å². The fourth-order valence-corrected chi connectivity index (χ4v) is 2.17. The highest BCUT2D eigenvalue weighted by Crippen LogP contribution is 2.17. The zero-order valence-electron chi connectivity index (χ0n) is 10.1. The summed E-state index contributed by atoms with van der Waals surface area (Å²) in [6, 6.07) is 5.44. The Morgan fingerprint density at radius 3 is 2.94 bits per heavy atom. The van der Waals surface area contributed by atoms with Crippen LogP contribution >= 0.6 is 0 Å². The number of rotatable bonds is 3. The molecule has 1 amide bonds. The number of aromatic nitrogens is 1. The topological polar surface area (TPSA) is 70.5 Å². The maximum atomic E-state index is 12.0. The number of carboxylic acids is 1. The Hall–Kier alpha value is -1.91. The molecule has 0 bridgehead atoms. The summed E-state index contributed by atoms with van der Waals surface area (Å²) in [7, 11) is 0. The van der Waals surface area contributed by atoms with Crippen molar-refractivity contribution < 1.29 is 14.7 Å². The van der Waals surface area contributed by atoms with Crippen molar-refractivity contribution >= 4 is 11.9 Å². The van der Waals surface area contributed by atoms with Crippen molar-refractivity contribution in [3.63, 3.8) is 0 Å². The van der Waals surface area contributed by atoms with Gasteiger partial charge in [0.15, 0.2) is 0 Å². The third-order valence-corrected chi connectivity index (χ3v) is 3.18. The molecular formula is C13H16N2O3. The first-order valence-electron chi connectivity index (χ1n) is 6.07. The van der Waals surface area contributed by atoms with Crippen LogP contribution < -0.4 is 0 Å². The van der Waals surface area contributed by atoms with Gasteiger partial charge in [0, 0.05) is 25.0 Å². The van der Waals surface area contributed by atoms with Crippen LogP contribution in [0.25, 0.3) is 0 Å². The Kier molecular flexibility index (Phi) is 3.92. The number of amides is 1. The van der Waals surface area contributed by atoms with E-state index in [1.165, 1.54) is 0 Å². The largest absolute Gasteiger partial charge is 0.481 e. The molecule has 0 aromatic carbocycles. The van der Waals surface area contributed by atoms with Crippen molar-refractivity contribution in [2.24, 2.45) is 5.92 Å². The SMILES string of the molecule is O=C(O)[C@H]1CCCN(C(=O)Cc2ccccn2)C1. The molecule has 0 saturated carbocycles. The van der Waals surface area contributed by atoms with Gasteiger partial charge in [0.25, 0.3) is 0 Å². The van der Waals surface area contributed by atoms with Gasteiger partial charge in [-0.1, -0.05) is 6.07 Å². The molecule has 18 heavy (non-hydrogen) atoms. The molecule has 5 heteroatoms. The molecule has 96 valence electrons. The minimum absolute atomic E-state index is 0.0420. The van der Waals surface area contributed by atoms with Gasteiger partial charge >= 0.3 is 5.97 Å². The van der Waals surface area contributed by atoms with Gasteiger partial charge in [0.05, 0.1) is 12.3 Å². The number of hydrogen-bond donors (Lipinski definition) is 1.